The van der Waals surface area contributed by atoms with Crippen LogP contribution in [-0.4, -0.2) is 24.7 Å². The molecule has 0 radical (unpaired) electrons. The molecule has 1 unspecified atom stereocenters. The molecule has 3 heterocycles. The van der Waals surface area contributed by atoms with E-state index in [1.165, 1.54) is 12.1 Å². The Morgan fingerprint density at radius 1 is 1.26 bits per heavy atom. The summed E-state index contributed by atoms with van der Waals surface area (Å²) in [5.41, 5.74) is 1.55. The minimum atomic E-state index is -0.289. The first-order valence-corrected chi connectivity index (χ1v) is 7.54. The van der Waals surface area contributed by atoms with Crippen LogP contribution < -0.4 is 4.90 Å². The van der Waals surface area contributed by atoms with Crippen molar-refractivity contribution in [1.29, 1.82) is 0 Å². The molecular weight excluding hydrogens is 319 g/mol. The number of rotatable bonds is 2. The maximum atomic E-state index is 13.3. The number of hydrogen-bond acceptors (Lipinski definition) is 5. The van der Waals surface area contributed by atoms with Crippen LogP contribution in [0.2, 0.25) is 5.28 Å². The zero-order chi connectivity index (χ0) is 16.0. The predicted octanol–water partition coefficient (Wildman–Crippen LogP) is 3.45. The van der Waals surface area contributed by atoms with Gasteiger partial charge in [-0.2, -0.15) is 4.98 Å². The van der Waals surface area contributed by atoms with Gasteiger partial charge in [0.1, 0.15) is 17.8 Å². The second-order valence-electron chi connectivity index (χ2n) is 5.18. The summed E-state index contributed by atoms with van der Waals surface area (Å²) in [4.78, 5) is 10.4. The van der Waals surface area contributed by atoms with Crippen LogP contribution in [0.5, 0.6) is 0 Å². The molecule has 0 fully saturated rings. The molecule has 0 N–H and O–H groups in total. The van der Waals surface area contributed by atoms with Crippen LogP contribution in [0, 0.1) is 5.82 Å². The molecule has 2 aromatic heterocycles. The summed E-state index contributed by atoms with van der Waals surface area (Å²) in [6, 6.07) is 6.18. The molecule has 0 spiro atoms. The number of nitrogens with zero attached hydrogens (tertiary/aromatic N) is 6. The van der Waals surface area contributed by atoms with Crippen LogP contribution in [0.1, 0.15) is 25.2 Å². The summed E-state index contributed by atoms with van der Waals surface area (Å²) in [7, 11) is 0. The minimum absolute atomic E-state index is 0.0820. The Bertz CT molecular complexity index is 863. The van der Waals surface area contributed by atoms with Crippen molar-refractivity contribution in [1.82, 2.24) is 24.7 Å². The maximum Gasteiger partial charge on any atom is 0.224 e. The van der Waals surface area contributed by atoms with E-state index in [9.17, 15) is 4.39 Å². The normalized spacial score (nSPS) is 16.1. The van der Waals surface area contributed by atoms with Crippen LogP contribution >= 0.6 is 11.6 Å². The standard InChI is InChI=1S/C15H12ClFN6/c1-2-11-14-21-19-8-22(14)12-7-18-15(16)20-13(12)23(11)10-5-3-9(17)4-6-10/h3-8,11H,2H2,1H3. The maximum absolute atomic E-state index is 13.3. The molecule has 1 aliphatic rings. The number of hydrogen-bond donors (Lipinski definition) is 0. The van der Waals surface area contributed by atoms with Gasteiger partial charge in [-0.15, -0.1) is 10.2 Å². The van der Waals surface area contributed by atoms with Gasteiger partial charge in [-0.1, -0.05) is 6.92 Å². The fourth-order valence-electron chi connectivity index (χ4n) is 2.88. The SMILES string of the molecule is CCC1c2nncn2-c2cnc(Cl)nc2N1c1ccc(F)cc1. The van der Waals surface area contributed by atoms with Crippen molar-refractivity contribution in [2.75, 3.05) is 4.90 Å². The highest BCUT2D eigenvalue weighted by Gasteiger charge is 2.34. The average Bonchev–Trinajstić information content (AvgIpc) is 3.03. The third-order valence-electron chi connectivity index (χ3n) is 3.88. The van der Waals surface area contributed by atoms with Crippen molar-refractivity contribution in [2.45, 2.75) is 19.4 Å². The van der Waals surface area contributed by atoms with E-state index in [-0.39, 0.29) is 17.1 Å². The van der Waals surface area contributed by atoms with E-state index in [4.69, 9.17) is 11.6 Å². The van der Waals surface area contributed by atoms with E-state index in [1.807, 2.05) is 16.4 Å². The monoisotopic (exact) mass is 330 g/mol. The molecule has 0 aliphatic carbocycles. The smallest absolute Gasteiger partial charge is 0.224 e. The highest BCUT2D eigenvalue weighted by atomic mass is 35.5. The Kier molecular flexibility index (Phi) is 3.23. The Morgan fingerprint density at radius 2 is 2.04 bits per heavy atom. The largest absolute Gasteiger partial charge is 0.314 e. The Hall–Kier alpha value is -2.54. The lowest BCUT2D eigenvalue weighted by Gasteiger charge is -2.36. The van der Waals surface area contributed by atoms with Gasteiger partial charge < -0.3 is 4.90 Å². The van der Waals surface area contributed by atoms with Crippen LogP contribution in [0.3, 0.4) is 0 Å². The Labute approximate surface area is 136 Å². The average molecular weight is 331 g/mol. The molecular formula is C15H12ClFN6. The number of anilines is 2. The van der Waals surface area contributed by atoms with Gasteiger partial charge in [-0.25, -0.2) is 9.37 Å². The molecule has 0 saturated heterocycles. The molecule has 1 atom stereocenters. The third kappa shape index (κ3) is 2.16. The third-order valence-corrected chi connectivity index (χ3v) is 4.07. The van der Waals surface area contributed by atoms with E-state index in [2.05, 4.69) is 20.2 Å². The van der Waals surface area contributed by atoms with Crippen molar-refractivity contribution in [3.8, 4) is 5.69 Å². The number of benzene rings is 1. The van der Waals surface area contributed by atoms with Gasteiger partial charge >= 0.3 is 0 Å². The number of aromatic nitrogens is 5. The lowest BCUT2D eigenvalue weighted by molar-refractivity contribution is 0.588. The molecule has 1 aliphatic heterocycles. The molecule has 6 nitrogen and oxygen atoms in total. The second kappa shape index (κ2) is 5.27. The lowest BCUT2D eigenvalue weighted by Crippen LogP contribution is -2.32. The summed E-state index contributed by atoms with van der Waals surface area (Å²) >= 11 is 6.00. The summed E-state index contributed by atoms with van der Waals surface area (Å²) in [5, 5.41) is 8.39. The molecule has 8 heteroatoms. The predicted molar refractivity (Wildman–Crippen MR) is 83.5 cm³/mol. The minimum Gasteiger partial charge on any atom is -0.314 e. The van der Waals surface area contributed by atoms with E-state index < -0.39 is 0 Å². The summed E-state index contributed by atoms with van der Waals surface area (Å²) in [5.74, 6) is 1.15. The van der Waals surface area contributed by atoms with E-state index in [1.54, 1.807) is 24.7 Å². The van der Waals surface area contributed by atoms with Crippen molar-refractivity contribution in [3.63, 3.8) is 0 Å². The Morgan fingerprint density at radius 3 is 2.78 bits per heavy atom. The van der Waals surface area contributed by atoms with Gasteiger partial charge in [0.2, 0.25) is 5.28 Å². The number of halogens is 2. The highest BCUT2D eigenvalue weighted by Crippen LogP contribution is 2.42. The first-order valence-electron chi connectivity index (χ1n) is 7.16. The molecule has 4 rings (SSSR count). The quantitative estimate of drug-likeness (QED) is 0.673. The molecule has 0 amide bonds. The lowest BCUT2D eigenvalue weighted by atomic mass is 10.1. The number of fused-ring (bicyclic) bond motifs is 3. The highest BCUT2D eigenvalue weighted by molar-refractivity contribution is 6.28. The first kappa shape index (κ1) is 14.1. The zero-order valence-corrected chi connectivity index (χ0v) is 12.9. The Balaban J connectivity index is 1.97. The molecule has 116 valence electrons. The van der Waals surface area contributed by atoms with Crippen molar-refractivity contribution in [2.24, 2.45) is 0 Å². The second-order valence-corrected chi connectivity index (χ2v) is 5.52. The van der Waals surface area contributed by atoms with Crippen LogP contribution in [0.4, 0.5) is 15.9 Å². The van der Waals surface area contributed by atoms with Crippen LogP contribution in [-0.2, 0) is 0 Å². The molecule has 0 saturated carbocycles. The van der Waals surface area contributed by atoms with E-state index in [0.717, 1.165) is 23.6 Å². The summed E-state index contributed by atoms with van der Waals surface area (Å²) < 4.78 is 15.2. The summed E-state index contributed by atoms with van der Waals surface area (Å²) in [6.07, 6.45) is 4.05. The fraction of sp³-hybridized carbons (Fsp3) is 0.200. The van der Waals surface area contributed by atoms with E-state index >= 15 is 0 Å². The van der Waals surface area contributed by atoms with Gasteiger partial charge in [-0.05, 0) is 42.3 Å². The molecule has 0 bridgehead atoms. The van der Waals surface area contributed by atoms with Crippen molar-refractivity contribution >= 4 is 23.1 Å². The van der Waals surface area contributed by atoms with Crippen molar-refractivity contribution in [3.05, 3.63) is 53.7 Å². The topological polar surface area (TPSA) is 59.7 Å². The molecule has 23 heavy (non-hydrogen) atoms. The van der Waals surface area contributed by atoms with Crippen molar-refractivity contribution < 1.29 is 4.39 Å². The molecule has 1 aromatic carbocycles. The van der Waals surface area contributed by atoms with E-state index in [0.29, 0.717) is 5.82 Å². The fourth-order valence-corrected chi connectivity index (χ4v) is 3.01. The zero-order valence-electron chi connectivity index (χ0n) is 12.2. The van der Waals surface area contributed by atoms with Crippen LogP contribution in [0.15, 0.2) is 36.8 Å². The van der Waals surface area contributed by atoms with Gasteiger partial charge in [-0.3, -0.25) is 4.57 Å². The summed E-state index contributed by atoms with van der Waals surface area (Å²) in [6.45, 7) is 2.05. The van der Waals surface area contributed by atoms with Gasteiger partial charge in [0.05, 0.1) is 12.2 Å². The molecule has 3 aromatic rings. The van der Waals surface area contributed by atoms with Crippen LogP contribution in [0.25, 0.3) is 5.69 Å². The van der Waals surface area contributed by atoms with Gasteiger partial charge in [0.15, 0.2) is 11.6 Å². The van der Waals surface area contributed by atoms with Gasteiger partial charge in [0.25, 0.3) is 0 Å². The van der Waals surface area contributed by atoms with Gasteiger partial charge in [0, 0.05) is 5.69 Å². The first-order chi connectivity index (χ1) is 11.2.